The summed E-state index contributed by atoms with van der Waals surface area (Å²) in [6.07, 6.45) is 0.884. The number of hydrogen-bond donors (Lipinski definition) is 1. The molecule has 2 aromatic carbocycles. The van der Waals surface area contributed by atoms with Gasteiger partial charge in [0.25, 0.3) is 5.91 Å². The van der Waals surface area contributed by atoms with Crippen molar-refractivity contribution in [2.24, 2.45) is 0 Å². The van der Waals surface area contributed by atoms with Crippen molar-refractivity contribution >= 4 is 17.2 Å². The Balaban J connectivity index is 1.36. The lowest BCUT2D eigenvalue weighted by molar-refractivity contribution is 0.0951. The van der Waals surface area contributed by atoms with Gasteiger partial charge in [-0.2, -0.15) is 0 Å². The summed E-state index contributed by atoms with van der Waals surface area (Å²) in [5.41, 5.74) is 2.64. The maximum absolute atomic E-state index is 12.3. The summed E-state index contributed by atoms with van der Waals surface area (Å²) in [7, 11) is 0. The molecule has 5 heteroatoms. The molecule has 0 saturated carbocycles. The highest BCUT2D eigenvalue weighted by Crippen LogP contribution is 2.41. The zero-order valence-corrected chi connectivity index (χ0v) is 16.8. The van der Waals surface area contributed by atoms with E-state index in [1.165, 1.54) is 5.56 Å². The molecule has 0 fully saturated rings. The smallest absolute Gasteiger partial charge is 0.251 e. The van der Waals surface area contributed by atoms with Crippen LogP contribution in [-0.2, 0) is 19.6 Å². The standard InChI is InChI=1S/C23H23NO3S/c1-23(2)13-18-5-3-7-20(21(18)27-23)26-15-16-8-10-17(11-9-16)22(25)24-14-19-6-4-12-28-19/h3-12H,13-15H2,1-2H3,(H,24,25). The number of thiophene rings is 1. The van der Waals surface area contributed by atoms with Crippen molar-refractivity contribution in [3.63, 3.8) is 0 Å². The first-order valence-corrected chi connectivity index (χ1v) is 10.2. The van der Waals surface area contributed by atoms with Crippen LogP contribution in [0.3, 0.4) is 0 Å². The third kappa shape index (κ3) is 4.20. The van der Waals surface area contributed by atoms with Gasteiger partial charge in [0.15, 0.2) is 11.5 Å². The number of para-hydroxylation sites is 1. The highest BCUT2D eigenvalue weighted by molar-refractivity contribution is 7.09. The van der Waals surface area contributed by atoms with Crippen LogP contribution in [0.4, 0.5) is 0 Å². The maximum atomic E-state index is 12.3. The van der Waals surface area contributed by atoms with Crippen LogP contribution in [0.25, 0.3) is 0 Å². The van der Waals surface area contributed by atoms with Gasteiger partial charge in [0, 0.05) is 22.4 Å². The lowest BCUT2D eigenvalue weighted by atomic mass is 10.0. The topological polar surface area (TPSA) is 47.6 Å². The molecule has 144 valence electrons. The number of nitrogens with one attached hydrogen (secondary N) is 1. The lowest BCUT2D eigenvalue weighted by Crippen LogP contribution is -2.24. The Hall–Kier alpha value is -2.79. The van der Waals surface area contributed by atoms with E-state index in [0.29, 0.717) is 18.7 Å². The maximum Gasteiger partial charge on any atom is 0.251 e. The van der Waals surface area contributed by atoms with Gasteiger partial charge in [-0.1, -0.05) is 30.3 Å². The predicted octanol–water partition coefficient (Wildman–Crippen LogP) is 4.97. The van der Waals surface area contributed by atoms with Crippen molar-refractivity contribution in [3.05, 3.63) is 81.5 Å². The van der Waals surface area contributed by atoms with Gasteiger partial charge in [0.1, 0.15) is 12.2 Å². The molecule has 0 spiro atoms. The summed E-state index contributed by atoms with van der Waals surface area (Å²) >= 11 is 1.63. The van der Waals surface area contributed by atoms with E-state index in [9.17, 15) is 4.79 Å². The highest BCUT2D eigenvalue weighted by atomic mass is 32.1. The Bertz CT molecular complexity index is 962. The molecule has 28 heavy (non-hydrogen) atoms. The lowest BCUT2D eigenvalue weighted by Gasteiger charge is -2.18. The second-order valence-electron chi connectivity index (χ2n) is 7.53. The average molecular weight is 394 g/mol. The molecule has 0 radical (unpaired) electrons. The minimum Gasteiger partial charge on any atom is -0.485 e. The van der Waals surface area contributed by atoms with E-state index in [-0.39, 0.29) is 11.5 Å². The van der Waals surface area contributed by atoms with Crippen LogP contribution in [-0.4, -0.2) is 11.5 Å². The largest absolute Gasteiger partial charge is 0.485 e. The van der Waals surface area contributed by atoms with E-state index in [0.717, 1.165) is 28.4 Å². The molecular weight excluding hydrogens is 370 g/mol. The normalized spacial score (nSPS) is 14.2. The molecule has 1 N–H and O–H groups in total. The van der Waals surface area contributed by atoms with Crippen LogP contribution in [0.2, 0.25) is 0 Å². The number of benzene rings is 2. The molecule has 2 heterocycles. The van der Waals surface area contributed by atoms with E-state index < -0.39 is 0 Å². The third-order valence-electron chi connectivity index (χ3n) is 4.67. The third-order valence-corrected chi connectivity index (χ3v) is 5.55. The second-order valence-corrected chi connectivity index (χ2v) is 8.56. The van der Waals surface area contributed by atoms with Crippen molar-refractivity contribution in [3.8, 4) is 11.5 Å². The average Bonchev–Trinajstić information content (AvgIpc) is 3.31. The minimum absolute atomic E-state index is 0.0719. The molecule has 4 rings (SSSR count). The Morgan fingerprint density at radius 3 is 2.71 bits per heavy atom. The van der Waals surface area contributed by atoms with E-state index in [1.807, 2.05) is 53.9 Å². The zero-order valence-electron chi connectivity index (χ0n) is 16.0. The van der Waals surface area contributed by atoms with Crippen LogP contribution in [0.15, 0.2) is 60.0 Å². The fraction of sp³-hybridized carbons (Fsp3) is 0.261. The second kappa shape index (κ2) is 7.68. The summed E-state index contributed by atoms with van der Waals surface area (Å²) in [6.45, 7) is 5.15. The van der Waals surface area contributed by atoms with Gasteiger partial charge in [-0.15, -0.1) is 11.3 Å². The van der Waals surface area contributed by atoms with E-state index >= 15 is 0 Å². The molecular formula is C23H23NO3S. The van der Waals surface area contributed by atoms with Crippen molar-refractivity contribution in [2.75, 3.05) is 0 Å². The molecule has 1 aromatic heterocycles. The number of rotatable bonds is 6. The summed E-state index contributed by atoms with van der Waals surface area (Å²) in [4.78, 5) is 13.4. The summed E-state index contributed by atoms with van der Waals surface area (Å²) in [5.74, 6) is 1.54. The number of fused-ring (bicyclic) bond motifs is 1. The molecule has 0 atom stereocenters. The SMILES string of the molecule is CC1(C)Cc2cccc(OCc3ccc(C(=O)NCc4cccs4)cc3)c2O1. The van der Waals surface area contributed by atoms with Crippen LogP contribution in [0.1, 0.15) is 40.2 Å². The van der Waals surface area contributed by atoms with Gasteiger partial charge < -0.3 is 14.8 Å². The Kier molecular flexibility index (Phi) is 5.09. The van der Waals surface area contributed by atoms with Gasteiger partial charge in [0.2, 0.25) is 0 Å². The molecule has 0 unspecified atom stereocenters. The van der Waals surface area contributed by atoms with Crippen molar-refractivity contribution in [1.82, 2.24) is 5.32 Å². The number of carbonyl (C=O) groups is 1. The zero-order chi connectivity index (χ0) is 19.6. The van der Waals surface area contributed by atoms with Gasteiger partial charge >= 0.3 is 0 Å². The first-order valence-electron chi connectivity index (χ1n) is 9.33. The summed E-state index contributed by atoms with van der Waals surface area (Å²) in [6, 6.07) is 17.5. The van der Waals surface area contributed by atoms with Crippen LogP contribution in [0.5, 0.6) is 11.5 Å². The molecule has 0 saturated heterocycles. The van der Waals surface area contributed by atoms with Crippen LogP contribution in [0, 0.1) is 0 Å². The van der Waals surface area contributed by atoms with Crippen molar-refractivity contribution in [1.29, 1.82) is 0 Å². The predicted molar refractivity (Wildman–Crippen MR) is 111 cm³/mol. The highest BCUT2D eigenvalue weighted by Gasteiger charge is 2.32. The van der Waals surface area contributed by atoms with Gasteiger partial charge in [-0.25, -0.2) is 0 Å². The molecule has 1 aliphatic rings. The van der Waals surface area contributed by atoms with Gasteiger partial charge in [0.05, 0.1) is 6.54 Å². The number of amides is 1. The quantitative estimate of drug-likeness (QED) is 0.643. The van der Waals surface area contributed by atoms with E-state index in [2.05, 4.69) is 25.2 Å². The van der Waals surface area contributed by atoms with Crippen molar-refractivity contribution in [2.45, 2.75) is 39.0 Å². The van der Waals surface area contributed by atoms with Crippen LogP contribution < -0.4 is 14.8 Å². The monoisotopic (exact) mass is 393 g/mol. The van der Waals surface area contributed by atoms with Crippen LogP contribution >= 0.6 is 11.3 Å². The fourth-order valence-corrected chi connectivity index (χ4v) is 3.94. The molecule has 1 amide bonds. The molecule has 1 aliphatic heterocycles. The molecule has 4 nitrogen and oxygen atoms in total. The summed E-state index contributed by atoms with van der Waals surface area (Å²) < 4.78 is 12.0. The first-order chi connectivity index (χ1) is 13.5. The Morgan fingerprint density at radius 2 is 1.96 bits per heavy atom. The molecule has 0 bridgehead atoms. The van der Waals surface area contributed by atoms with E-state index in [1.54, 1.807) is 11.3 Å². The summed E-state index contributed by atoms with van der Waals surface area (Å²) in [5, 5.41) is 4.94. The Morgan fingerprint density at radius 1 is 1.14 bits per heavy atom. The van der Waals surface area contributed by atoms with Gasteiger partial charge in [-0.3, -0.25) is 4.79 Å². The van der Waals surface area contributed by atoms with Gasteiger partial charge in [-0.05, 0) is 49.1 Å². The number of ether oxygens (including phenoxy) is 2. The number of hydrogen-bond acceptors (Lipinski definition) is 4. The Labute approximate surface area is 169 Å². The van der Waals surface area contributed by atoms with E-state index in [4.69, 9.17) is 9.47 Å². The minimum atomic E-state index is -0.195. The fourth-order valence-electron chi connectivity index (χ4n) is 3.30. The first kappa shape index (κ1) is 18.6. The molecule has 0 aliphatic carbocycles. The molecule has 3 aromatic rings. The van der Waals surface area contributed by atoms with Crippen molar-refractivity contribution < 1.29 is 14.3 Å². The number of carbonyl (C=O) groups excluding carboxylic acids is 1.